The summed E-state index contributed by atoms with van der Waals surface area (Å²) < 4.78 is 0. The Balaban J connectivity index is 0.000000364. The Kier molecular flexibility index (Phi) is 7.23. The summed E-state index contributed by atoms with van der Waals surface area (Å²) in [5.74, 6) is 0. The highest BCUT2D eigenvalue weighted by molar-refractivity contribution is 5.69. The van der Waals surface area contributed by atoms with Crippen LogP contribution in [-0.4, -0.2) is 6.03 Å². The number of amides is 2. The van der Waals surface area contributed by atoms with Crippen molar-refractivity contribution < 1.29 is 4.79 Å². The summed E-state index contributed by atoms with van der Waals surface area (Å²) in [7, 11) is 0. The summed E-state index contributed by atoms with van der Waals surface area (Å²) in [4.78, 5) is 9.00. The van der Waals surface area contributed by atoms with Gasteiger partial charge in [0.05, 0.1) is 0 Å². The molecule has 0 unspecified atom stereocenters. The first-order chi connectivity index (χ1) is 6.66. The van der Waals surface area contributed by atoms with Crippen molar-refractivity contribution in [2.24, 2.45) is 11.5 Å². The number of benzene rings is 1. The first kappa shape index (κ1) is 12.5. The molecule has 0 radical (unpaired) electrons. The van der Waals surface area contributed by atoms with Crippen molar-refractivity contribution in [1.29, 1.82) is 0 Å². The van der Waals surface area contributed by atoms with Crippen LogP contribution in [0.3, 0.4) is 0 Å². The second kappa shape index (κ2) is 8.10. The molecule has 3 nitrogen and oxygen atoms in total. The van der Waals surface area contributed by atoms with Gasteiger partial charge in [-0.05, 0) is 18.4 Å². The minimum absolute atomic E-state index is 0.833. The number of primary amides is 2. The molecule has 0 spiro atoms. The molecular formula is C11H18N2O. The van der Waals surface area contributed by atoms with Crippen molar-refractivity contribution in [2.45, 2.75) is 26.2 Å². The summed E-state index contributed by atoms with van der Waals surface area (Å²) in [5.41, 5.74) is 9.96. The zero-order valence-corrected chi connectivity index (χ0v) is 8.57. The molecule has 78 valence electrons. The van der Waals surface area contributed by atoms with Gasteiger partial charge in [0.1, 0.15) is 0 Å². The molecule has 3 heteroatoms. The van der Waals surface area contributed by atoms with E-state index in [0.29, 0.717) is 0 Å². The van der Waals surface area contributed by atoms with Crippen LogP contribution in [0, 0.1) is 0 Å². The Morgan fingerprint density at radius 1 is 1.21 bits per heavy atom. The van der Waals surface area contributed by atoms with Crippen molar-refractivity contribution in [3.05, 3.63) is 35.9 Å². The van der Waals surface area contributed by atoms with Crippen molar-refractivity contribution in [3.8, 4) is 0 Å². The Labute approximate surface area is 85.1 Å². The molecule has 0 bridgehead atoms. The van der Waals surface area contributed by atoms with Crippen molar-refractivity contribution in [2.75, 3.05) is 0 Å². The van der Waals surface area contributed by atoms with Crippen LogP contribution in [0.4, 0.5) is 4.79 Å². The molecule has 0 saturated carbocycles. The molecule has 0 atom stereocenters. The zero-order chi connectivity index (χ0) is 10.8. The first-order valence-corrected chi connectivity index (χ1v) is 4.75. The fourth-order valence-electron chi connectivity index (χ4n) is 1.03. The van der Waals surface area contributed by atoms with E-state index in [1.807, 2.05) is 0 Å². The molecule has 0 saturated heterocycles. The highest BCUT2D eigenvalue weighted by atomic mass is 16.2. The molecule has 0 fully saturated rings. The molecule has 4 N–H and O–H groups in total. The molecular weight excluding hydrogens is 176 g/mol. The first-order valence-electron chi connectivity index (χ1n) is 4.75. The van der Waals surface area contributed by atoms with Gasteiger partial charge in [-0.3, -0.25) is 0 Å². The maximum Gasteiger partial charge on any atom is 0.309 e. The lowest BCUT2D eigenvalue weighted by Gasteiger charge is -1.96. The van der Waals surface area contributed by atoms with Gasteiger partial charge >= 0.3 is 6.03 Å². The molecule has 0 aliphatic rings. The van der Waals surface area contributed by atoms with Gasteiger partial charge in [0, 0.05) is 0 Å². The maximum absolute atomic E-state index is 9.00. The Hall–Kier alpha value is -1.51. The topological polar surface area (TPSA) is 69.1 Å². The van der Waals surface area contributed by atoms with Gasteiger partial charge in [-0.15, -0.1) is 0 Å². The Morgan fingerprint density at radius 3 is 2.14 bits per heavy atom. The number of aryl methyl sites for hydroxylation is 1. The minimum atomic E-state index is -0.833. The normalized spacial score (nSPS) is 8.64. The van der Waals surface area contributed by atoms with Crippen LogP contribution in [0.15, 0.2) is 30.3 Å². The average molecular weight is 194 g/mol. The number of carbonyl (C=O) groups excluding carboxylic acids is 1. The van der Waals surface area contributed by atoms with Gasteiger partial charge in [0.15, 0.2) is 0 Å². The van der Waals surface area contributed by atoms with Crippen LogP contribution in [0.25, 0.3) is 0 Å². The van der Waals surface area contributed by atoms with E-state index in [2.05, 4.69) is 48.7 Å². The fourth-order valence-corrected chi connectivity index (χ4v) is 1.03. The third-order valence-corrected chi connectivity index (χ3v) is 1.66. The number of rotatable bonds is 3. The summed E-state index contributed by atoms with van der Waals surface area (Å²) in [6, 6.07) is 9.82. The van der Waals surface area contributed by atoms with E-state index in [-0.39, 0.29) is 0 Å². The van der Waals surface area contributed by atoms with Gasteiger partial charge in [-0.2, -0.15) is 0 Å². The number of hydrogen-bond acceptors (Lipinski definition) is 1. The van der Waals surface area contributed by atoms with Crippen LogP contribution in [-0.2, 0) is 6.42 Å². The van der Waals surface area contributed by atoms with E-state index < -0.39 is 6.03 Å². The van der Waals surface area contributed by atoms with Crippen LogP contribution >= 0.6 is 0 Å². The second-order valence-corrected chi connectivity index (χ2v) is 2.99. The minimum Gasteiger partial charge on any atom is -0.352 e. The standard InChI is InChI=1S/C10H14.CH4N2O/c1-2-3-7-10-8-5-4-6-9-10;2-1(3)4/h4-6,8-9H,2-3,7H2,1H3;(H4,2,3,4). The molecule has 0 aliphatic heterocycles. The van der Waals surface area contributed by atoms with E-state index in [1.54, 1.807) is 0 Å². The average Bonchev–Trinajstić information content (AvgIpc) is 2.15. The molecule has 0 aliphatic carbocycles. The molecule has 1 aromatic rings. The van der Waals surface area contributed by atoms with Crippen LogP contribution in [0.1, 0.15) is 25.3 Å². The van der Waals surface area contributed by atoms with Gasteiger partial charge in [-0.1, -0.05) is 43.7 Å². The van der Waals surface area contributed by atoms with Crippen molar-refractivity contribution >= 4 is 6.03 Å². The summed E-state index contributed by atoms with van der Waals surface area (Å²) in [6.45, 7) is 2.23. The quantitative estimate of drug-likeness (QED) is 0.759. The highest BCUT2D eigenvalue weighted by Gasteiger charge is 1.87. The van der Waals surface area contributed by atoms with Crippen LogP contribution < -0.4 is 11.5 Å². The Bertz CT molecular complexity index is 243. The lowest BCUT2D eigenvalue weighted by molar-refractivity contribution is 0.256. The Morgan fingerprint density at radius 2 is 1.71 bits per heavy atom. The third-order valence-electron chi connectivity index (χ3n) is 1.66. The largest absolute Gasteiger partial charge is 0.352 e. The summed E-state index contributed by atoms with van der Waals surface area (Å²) in [5, 5.41) is 0. The third kappa shape index (κ3) is 8.59. The monoisotopic (exact) mass is 194 g/mol. The zero-order valence-electron chi connectivity index (χ0n) is 8.57. The number of carbonyl (C=O) groups is 1. The number of hydrogen-bond donors (Lipinski definition) is 2. The summed E-state index contributed by atoms with van der Waals surface area (Å²) in [6.07, 6.45) is 3.83. The maximum atomic E-state index is 9.00. The van der Waals surface area contributed by atoms with Gasteiger partial charge in [0.25, 0.3) is 0 Å². The van der Waals surface area contributed by atoms with Gasteiger partial charge in [-0.25, -0.2) is 4.79 Å². The van der Waals surface area contributed by atoms with Crippen LogP contribution in [0.5, 0.6) is 0 Å². The van der Waals surface area contributed by atoms with E-state index in [0.717, 1.165) is 0 Å². The lowest BCUT2D eigenvalue weighted by Crippen LogP contribution is -2.18. The lowest BCUT2D eigenvalue weighted by atomic mass is 10.1. The molecule has 1 rings (SSSR count). The van der Waals surface area contributed by atoms with E-state index in [4.69, 9.17) is 4.79 Å². The van der Waals surface area contributed by atoms with Crippen molar-refractivity contribution in [1.82, 2.24) is 0 Å². The molecule has 2 amide bonds. The second-order valence-electron chi connectivity index (χ2n) is 2.99. The number of unbranched alkanes of at least 4 members (excludes halogenated alkanes) is 1. The number of urea groups is 1. The molecule has 1 aromatic carbocycles. The smallest absolute Gasteiger partial charge is 0.309 e. The molecule has 14 heavy (non-hydrogen) atoms. The van der Waals surface area contributed by atoms with Gasteiger partial charge < -0.3 is 11.5 Å². The van der Waals surface area contributed by atoms with Gasteiger partial charge in [0.2, 0.25) is 0 Å². The highest BCUT2D eigenvalue weighted by Crippen LogP contribution is 2.03. The van der Waals surface area contributed by atoms with E-state index in [1.165, 1.54) is 24.8 Å². The summed E-state index contributed by atoms with van der Waals surface area (Å²) >= 11 is 0. The van der Waals surface area contributed by atoms with Crippen LogP contribution in [0.2, 0.25) is 0 Å². The van der Waals surface area contributed by atoms with E-state index >= 15 is 0 Å². The van der Waals surface area contributed by atoms with E-state index in [9.17, 15) is 0 Å². The molecule has 0 heterocycles. The predicted molar refractivity (Wildman–Crippen MR) is 58.8 cm³/mol. The number of nitrogens with two attached hydrogens (primary N) is 2. The predicted octanol–water partition coefficient (Wildman–Crippen LogP) is 2.05. The SMILES string of the molecule is CCCCc1ccccc1.NC(N)=O. The fraction of sp³-hybridized carbons (Fsp3) is 0.364. The molecule has 0 aromatic heterocycles. The van der Waals surface area contributed by atoms with Crippen molar-refractivity contribution in [3.63, 3.8) is 0 Å².